The molecule has 3 aromatic rings. The van der Waals surface area contributed by atoms with Crippen LogP contribution in [0.3, 0.4) is 0 Å². The molecular weight excluding hydrogens is 382 g/mol. The molecule has 0 spiro atoms. The van der Waals surface area contributed by atoms with Crippen molar-refractivity contribution in [3.63, 3.8) is 0 Å². The molecule has 6 heterocycles. The van der Waals surface area contributed by atoms with Crippen LogP contribution in [0, 0.1) is 0 Å². The molecule has 0 aliphatic carbocycles. The van der Waals surface area contributed by atoms with Gasteiger partial charge in [0, 0.05) is 12.6 Å². The third kappa shape index (κ3) is 2.80. The molecule has 0 amide bonds. The first-order valence-electron chi connectivity index (χ1n) is 10.6. The highest BCUT2D eigenvalue weighted by atomic mass is 16.5. The van der Waals surface area contributed by atoms with E-state index < -0.39 is 0 Å². The van der Waals surface area contributed by atoms with Crippen LogP contribution in [0.1, 0.15) is 31.7 Å². The molecule has 0 radical (unpaired) electrons. The van der Waals surface area contributed by atoms with E-state index in [1.807, 2.05) is 6.07 Å². The van der Waals surface area contributed by atoms with Crippen molar-refractivity contribution in [2.24, 2.45) is 0 Å². The van der Waals surface area contributed by atoms with Crippen LogP contribution in [-0.2, 0) is 9.47 Å². The number of H-pyrrole nitrogens is 1. The van der Waals surface area contributed by atoms with Gasteiger partial charge in [-0.15, -0.1) is 5.10 Å². The zero-order valence-electron chi connectivity index (χ0n) is 16.9. The first-order chi connectivity index (χ1) is 14.7. The molecule has 3 N–H and O–H groups in total. The van der Waals surface area contributed by atoms with Gasteiger partial charge in [0.1, 0.15) is 5.82 Å². The van der Waals surface area contributed by atoms with E-state index in [1.165, 1.54) is 5.57 Å². The van der Waals surface area contributed by atoms with Crippen LogP contribution in [-0.4, -0.2) is 63.0 Å². The fraction of sp³-hybridized carbons (Fsp3) is 0.476. The number of rotatable bonds is 3. The second-order valence-electron chi connectivity index (χ2n) is 8.35. The van der Waals surface area contributed by atoms with Gasteiger partial charge in [-0.2, -0.15) is 9.78 Å². The summed E-state index contributed by atoms with van der Waals surface area (Å²) < 4.78 is 13.4. The second kappa shape index (κ2) is 6.82. The summed E-state index contributed by atoms with van der Waals surface area (Å²) in [7, 11) is 0. The maximum absolute atomic E-state index is 6.43. The van der Waals surface area contributed by atoms with Crippen molar-refractivity contribution in [2.45, 2.75) is 44.4 Å². The molecule has 3 aromatic heterocycles. The minimum Gasteiger partial charge on any atom is -0.382 e. The summed E-state index contributed by atoms with van der Waals surface area (Å²) in [6.07, 6.45) is 7.52. The highest BCUT2D eigenvalue weighted by Crippen LogP contribution is 2.41. The lowest BCUT2D eigenvalue weighted by molar-refractivity contribution is 0.0672. The zero-order chi connectivity index (χ0) is 20.2. The van der Waals surface area contributed by atoms with Crippen molar-refractivity contribution in [2.75, 3.05) is 30.4 Å². The lowest BCUT2D eigenvalue weighted by Gasteiger charge is -2.34. The standard InChI is InChI=1S/C21H25N7O2/c1-12-11-29-7-6-27(12)18-10-16(13-8-14-2-3-15(9-13)30-14)19-20(22)26-28(21(19)24-18)17-4-5-23-25-17/h4-5,8,10,12,14-15H,2-3,6-7,9,11H2,1H3,(H2,22,26)(H,23,25)/t12-,14-,15+/m1/s1. The van der Waals surface area contributed by atoms with Gasteiger partial charge in [-0.25, -0.2) is 4.98 Å². The van der Waals surface area contributed by atoms with Gasteiger partial charge >= 0.3 is 0 Å². The van der Waals surface area contributed by atoms with Crippen LogP contribution in [0.25, 0.3) is 22.4 Å². The molecule has 0 saturated carbocycles. The van der Waals surface area contributed by atoms with Crippen molar-refractivity contribution in [1.82, 2.24) is 25.0 Å². The zero-order valence-corrected chi connectivity index (χ0v) is 16.9. The number of nitrogens with zero attached hydrogens (tertiary/aromatic N) is 5. The number of nitrogen functional groups attached to an aromatic ring is 1. The summed E-state index contributed by atoms with van der Waals surface area (Å²) in [5.41, 5.74) is 9.56. The molecule has 2 bridgehead atoms. The van der Waals surface area contributed by atoms with Gasteiger partial charge < -0.3 is 20.1 Å². The molecule has 0 aromatic carbocycles. The van der Waals surface area contributed by atoms with E-state index in [4.69, 9.17) is 20.2 Å². The molecular formula is C21H25N7O2. The number of fused-ring (bicyclic) bond motifs is 3. The molecule has 9 nitrogen and oxygen atoms in total. The summed E-state index contributed by atoms with van der Waals surface area (Å²) in [6, 6.07) is 4.29. The molecule has 3 atom stereocenters. The van der Waals surface area contributed by atoms with Crippen LogP contribution in [0.15, 0.2) is 24.4 Å². The van der Waals surface area contributed by atoms with E-state index >= 15 is 0 Å². The van der Waals surface area contributed by atoms with Gasteiger partial charge in [0.2, 0.25) is 0 Å². The van der Waals surface area contributed by atoms with Crippen molar-refractivity contribution in [3.8, 4) is 5.82 Å². The topological polar surface area (TPSA) is 107 Å². The van der Waals surface area contributed by atoms with E-state index in [9.17, 15) is 0 Å². The Bertz CT molecular complexity index is 1120. The summed E-state index contributed by atoms with van der Waals surface area (Å²) >= 11 is 0. The number of aromatic amines is 1. The number of nitrogens with two attached hydrogens (primary N) is 1. The van der Waals surface area contributed by atoms with Crippen molar-refractivity contribution in [1.29, 1.82) is 0 Å². The number of hydrogen-bond acceptors (Lipinski definition) is 7. The Labute approximate surface area is 173 Å². The quantitative estimate of drug-likeness (QED) is 0.686. The number of pyridine rings is 1. The molecule has 2 saturated heterocycles. The van der Waals surface area contributed by atoms with Crippen LogP contribution in [0.5, 0.6) is 0 Å². The number of hydrogen-bond donors (Lipinski definition) is 2. The maximum atomic E-state index is 6.43. The van der Waals surface area contributed by atoms with Crippen molar-refractivity contribution >= 4 is 28.2 Å². The van der Waals surface area contributed by atoms with Crippen LogP contribution >= 0.6 is 0 Å². The summed E-state index contributed by atoms with van der Waals surface area (Å²) in [5, 5.41) is 12.5. The molecule has 30 heavy (non-hydrogen) atoms. The number of aromatic nitrogens is 5. The van der Waals surface area contributed by atoms with Crippen LogP contribution < -0.4 is 10.6 Å². The Morgan fingerprint density at radius 1 is 1.30 bits per heavy atom. The van der Waals surface area contributed by atoms with E-state index in [2.05, 4.69) is 39.3 Å². The van der Waals surface area contributed by atoms with Gasteiger partial charge in [0.15, 0.2) is 17.3 Å². The molecule has 2 fully saturated rings. The van der Waals surface area contributed by atoms with Gasteiger partial charge in [0.05, 0.1) is 43.0 Å². The van der Waals surface area contributed by atoms with Gasteiger partial charge in [0.25, 0.3) is 0 Å². The Balaban J connectivity index is 1.58. The van der Waals surface area contributed by atoms with E-state index in [0.29, 0.717) is 19.0 Å². The number of anilines is 2. The summed E-state index contributed by atoms with van der Waals surface area (Å²) in [5.74, 6) is 2.14. The Hall–Kier alpha value is -2.91. The molecule has 0 unspecified atom stereocenters. The summed E-state index contributed by atoms with van der Waals surface area (Å²) in [4.78, 5) is 7.33. The minimum absolute atomic E-state index is 0.191. The fourth-order valence-electron chi connectivity index (χ4n) is 4.88. The minimum atomic E-state index is 0.191. The fourth-order valence-corrected chi connectivity index (χ4v) is 4.88. The maximum Gasteiger partial charge on any atom is 0.169 e. The Kier molecular flexibility index (Phi) is 4.07. The van der Waals surface area contributed by atoms with Crippen LogP contribution in [0.4, 0.5) is 11.6 Å². The first-order valence-corrected chi connectivity index (χ1v) is 10.6. The van der Waals surface area contributed by atoms with Crippen LogP contribution in [0.2, 0.25) is 0 Å². The largest absolute Gasteiger partial charge is 0.382 e. The lowest BCUT2D eigenvalue weighted by Crippen LogP contribution is -2.44. The molecule has 3 aliphatic heterocycles. The van der Waals surface area contributed by atoms with Gasteiger partial charge in [-0.3, -0.25) is 5.10 Å². The van der Waals surface area contributed by atoms with Crippen molar-refractivity contribution in [3.05, 3.63) is 30.0 Å². The van der Waals surface area contributed by atoms with Crippen molar-refractivity contribution < 1.29 is 9.47 Å². The average molecular weight is 407 g/mol. The average Bonchev–Trinajstić information content (AvgIpc) is 3.47. The summed E-state index contributed by atoms with van der Waals surface area (Å²) in [6.45, 7) is 4.36. The molecule has 156 valence electrons. The highest BCUT2D eigenvalue weighted by molar-refractivity contribution is 5.99. The van der Waals surface area contributed by atoms with E-state index in [0.717, 1.165) is 54.0 Å². The third-order valence-corrected chi connectivity index (χ3v) is 6.35. The van der Waals surface area contributed by atoms with Gasteiger partial charge in [-0.1, -0.05) is 6.08 Å². The second-order valence-corrected chi connectivity index (χ2v) is 8.35. The number of morpholine rings is 1. The molecule has 6 rings (SSSR count). The number of nitrogens with one attached hydrogen (secondary N) is 1. The molecule has 9 heteroatoms. The highest BCUT2D eigenvalue weighted by Gasteiger charge is 2.32. The van der Waals surface area contributed by atoms with E-state index in [-0.39, 0.29) is 18.2 Å². The SMILES string of the molecule is C[C@@H]1COCCN1c1cc(C2=C[C@H]3CC[C@@H](C2)O3)c2c(N)nn(-c3ccn[nH]3)c2n1. The first kappa shape index (κ1) is 17.9. The lowest BCUT2D eigenvalue weighted by atomic mass is 9.96. The normalized spacial score (nSPS) is 26.4. The Morgan fingerprint density at radius 2 is 2.23 bits per heavy atom. The molecule has 3 aliphatic rings. The van der Waals surface area contributed by atoms with Gasteiger partial charge in [-0.05, 0) is 43.4 Å². The monoisotopic (exact) mass is 407 g/mol. The Morgan fingerprint density at radius 3 is 3.03 bits per heavy atom. The number of ether oxygens (including phenoxy) is 2. The predicted octanol–water partition coefficient (Wildman–Crippen LogP) is 2.29. The van der Waals surface area contributed by atoms with E-state index in [1.54, 1.807) is 10.9 Å². The predicted molar refractivity (Wildman–Crippen MR) is 114 cm³/mol. The smallest absolute Gasteiger partial charge is 0.169 e. The third-order valence-electron chi connectivity index (χ3n) is 6.35.